The Balaban J connectivity index is 1.67. The average molecular weight is 326 g/mol. The highest BCUT2D eigenvalue weighted by atomic mass is 16.2. The number of fused-ring (bicyclic) bond motifs is 1. The predicted molar refractivity (Wildman–Crippen MR) is 90.9 cm³/mol. The Morgan fingerprint density at radius 3 is 2.71 bits per heavy atom. The van der Waals surface area contributed by atoms with E-state index >= 15 is 0 Å². The summed E-state index contributed by atoms with van der Waals surface area (Å²) in [7, 11) is 1.70. The van der Waals surface area contributed by atoms with Crippen molar-refractivity contribution in [2.24, 2.45) is 17.3 Å². The van der Waals surface area contributed by atoms with Crippen LogP contribution in [0.25, 0.3) is 0 Å². The van der Waals surface area contributed by atoms with Gasteiger partial charge in [0.05, 0.1) is 5.56 Å². The molecular weight excluding hydrogens is 304 g/mol. The van der Waals surface area contributed by atoms with Crippen molar-refractivity contribution in [2.75, 3.05) is 6.54 Å². The summed E-state index contributed by atoms with van der Waals surface area (Å²) in [6, 6.07) is 0. The highest BCUT2D eigenvalue weighted by Crippen LogP contribution is 2.36. The van der Waals surface area contributed by atoms with Gasteiger partial charge in [-0.25, -0.2) is 0 Å². The average Bonchev–Trinajstić information content (AvgIpc) is 3.36. The minimum absolute atomic E-state index is 0.0186. The van der Waals surface area contributed by atoms with Gasteiger partial charge in [-0.3, -0.25) is 9.59 Å². The maximum Gasteiger partial charge on any atom is 0.253 e. The van der Waals surface area contributed by atoms with Gasteiger partial charge in [-0.2, -0.15) is 10.2 Å². The molecule has 24 heavy (non-hydrogen) atoms. The van der Waals surface area contributed by atoms with Gasteiger partial charge in [0.25, 0.3) is 11.5 Å². The number of rotatable bonds is 6. The van der Waals surface area contributed by atoms with E-state index in [9.17, 15) is 9.59 Å². The molecule has 0 saturated carbocycles. The lowest BCUT2D eigenvalue weighted by atomic mass is 9.89. The molecule has 3 rings (SSSR count). The van der Waals surface area contributed by atoms with E-state index in [1.54, 1.807) is 13.2 Å². The van der Waals surface area contributed by atoms with Crippen molar-refractivity contribution in [3.05, 3.63) is 33.2 Å². The Kier molecular flexibility index (Phi) is 4.52. The van der Waals surface area contributed by atoms with Gasteiger partial charge in [0.2, 0.25) is 0 Å². The molecule has 2 aliphatic rings. The van der Waals surface area contributed by atoms with Crippen LogP contribution >= 0.6 is 0 Å². The highest BCUT2D eigenvalue weighted by molar-refractivity contribution is 5.95. The third-order valence-electron chi connectivity index (χ3n) is 4.80. The number of aryl methyl sites for hydroxylation is 1. The summed E-state index contributed by atoms with van der Waals surface area (Å²) < 4.78 is 1.51. The number of pyridine rings is 1. The van der Waals surface area contributed by atoms with Gasteiger partial charge in [-0.05, 0) is 31.2 Å². The zero-order valence-corrected chi connectivity index (χ0v) is 14.0. The topological polar surface area (TPSA) is 75.8 Å². The summed E-state index contributed by atoms with van der Waals surface area (Å²) in [5.74, 6) is 2.47. The van der Waals surface area contributed by atoms with Crippen LogP contribution in [-0.4, -0.2) is 22.7 Å². The third-order valence-corrected chi connectivity index (χ3v) is 4.80. The Morgan fingerprint density at radius 1 is 1.33 bits per heavy atom. The van der Waals surface area contributed by atoms with Gasteiger partial charge in [-0.15, -0.1) is 12.3 Å². The quantitative estimate of drug-likeness (QED) is 0.811. The standard InChI is InChI=1S/C18H22N4O2/c1-3-4-9-18(20-21-18)10-11-19-16(23)15-12-22(2)17(24)14-8-6-5-7-13(14)15/h1,12H,4-11H2,2H3,(H,19,23). The number of terminal acetylenes is 1. The first-order valence-electron chi connectivity index (χ1n) is 8.43. The maximum atomic E-state index is 12.6. The number of carbonyl (C=O) groups excluding carboxylic acids is 1. The van der Waals surface area contributed by atoms with E-state index in [0.717, 1.165) is 43.2 Å². The second kappa shape index (κ2) is 6.60. The second-order valence-corrected chi connectivity index (χ2v) is 6.52. The molecule has 0 unspecified atom stereocenters. The van der Waals surface area contributed by atoms with E-state index in [1.807, 2.05) is 0 Å². The summed E-state index contributed by atoms with van der Waals surface area (Å²) >= 11 is 0. The lowest BCUT2D eigenvalue weighted by molar-refractivity contribution is 0.0949. The van der Waals surface area contributed by atoms with Gasteiger partial charge >= 0.3 is 0 Å². The zero-order valence-electron chi connectivity index (χ0n) is 14.0. The highest BCUT2D eigenvalue weighted by Gasteiger charge is 2.38. The van der Waals surface area contributed by atoms with Crippen molar-refractivity contribution in [2.45, 2.75) is 50.6 Å². The molecule has 1 amide bonds. The fourth-order valence-electron chi connectivity index (χ4n) is 3.32. The lowest BCUT2D eigenvalue weighted by Gasteiger charge is -2.20. The number of hydrogen-bond donors (Lipinski definition) is 1. The molecule has 1 aromatic rings. The van der Waals surface area contributed by atoms with Gasteiger partial charge in [-0.1, -0.05) is 0 Å². The van der Waals surface area contributed by atoms with Gasteiger partial charge in [0.15, 0.2) is 5.66 Å². The molecule has 1 aliphatic carbocycles. The number of nitrogens with zero attached hydrogens (tertiary/aromatic N) is 3. The number of carbonyl (C=O) groups is 1. The van der Waals surface area contributed by atoms with Crippen molar-refractivity contribution >= 4 is 5.91 Å². The SMILES string of the molecule is C#CCCC1(CCNC(=O)c2cn(C)c(=O)c3c2CCCC3)N=N1. The molecule has 126 valence electrons. The number of aromatic nitrogens is 1. The summed E-state index contributed by atoms with van der Waals surface area (Å²) in [6.45, 7) is 0.494. The second-order valence-electron chi connectivity index (χ2n) is 6.52. The fourth-order valence-corrected chi connectivity index (χ4v) is 3.32. The summed E-state index contributed by atoms with van der Waals surface area (Å²) in [4.78, 5) is 24.8. The van der Waals surface area contributed by atoms with Gasteiger partial charge in [0, 0.05) is 44.6 Å². The minimum atomic E-state index is -0.386. The first-order valence-corrected chi connectivity index (χ1v) is 8.43. The largest absolute Gasteiger partial charge is 0.352 e. The van der Waals surface area contributed by atoms with Crippen molar-refractivity contribution in [3.63, 3.8) is 0 Å². The van der Waals surface area contributed by atoms with E-state index in [1.165, 1.54) is 4.57 Å². The fraction of sp³-hybridized carbons (Fsp3) is 0.556. The van der Waals surface area contributed by atoms with Crippen LogP contribution in [0.4, 0.5) is 0 Å². The number of hydrogen-bond acceptors (Lipinski definition) is 4. The van der Waals surface area contributed by atoms with E-state index < -0.39 is 0 Å². The number of nitrogens with one attached hydrogen (secondary N) is 1. The van der Waals surface area contributed by atoms with Gasteiger partial charge < -0.3 is 9.88 Å². The van der Waals surface area contributed by atoms with Crippen molar-refractivity contribution in [3.8, 4) is 12.3 Å². The molecule has 1 N–H and O–H groups in total. The normalized spacial score (nSPS) is 17.0. The summed E-state index contributed by atoms with van der Waals surface area (Å²) in [6.07, 6.45) is 12.5. The summed E-state index contributed by atoms with van der Waals surface area (Å²) in [5, 5.41) is 11.1. The predicted octanol–water partition coefficient (Wildman–Crippen LogP) is 1.96. The molecule has 0 bridgehead atoms. The number of amides is 1. The van der Waals surface area contributed by atoms with Crippen LogP contribution in [-0.2, 0) is 19.9 Å². The lowest BCUT2D eigenvalue weighted by Crippen LogP contribution is -2.33. The van der Waals surface area contributed by atoms with E-state index in [0.29, 0.717) is 24.9 Å². The van der Waals surface area contributed by atoms with Crippen LogP contribution in [0.3, 0.4) is 0 Å². The molecule has 0 fully saturated rings. The van der Waals surface area contributed by atoms with Crippen LogP contribution in [0, 0.1) is 12.3 Å². The van der Waals surface area contributed by atoms with Crippen LogP contribution in [0.1, 0.15) is 53.6 Å². The van der Waals surface area contributed by atoms with Crippen LogP contribution in [0.2, 0.25) is 0 Å². The van der Waals surface area contributed by atoms with Crippen molar-refractivity contribution in [1.82, 2.24) is 9.88 Å². The molecule has 0 radical (unpaired) electrons. The monoisotopic (exact) mass is 326 g/mol. The molecule has 6 nitrogen and oxygen atoms in total. The Hall–Kier alpha value is -2.42. The Labute approximate surface area is 141 Å². The molecule has 1 aliphatic heterocycles. The molecular formula is C18H22N4O2. The van der Waals surface area contributed by atoms with Gasteiger partial charge in [0.1, 0.15) is 0 Å². The molecule has 0 aromatic carbocycles. The molecule has 2 heterocycles. The molecule has 6 heteroatoms. The molecule has 0 spiro atoms. The smallest absolute Gasteiger partial charge is 0.253 e. The molecule has 0 atom stereocenters. The first kappa shape index (κ1) is 16.4. The van der Waals surface area contributed by atoms with E-state index in [4.69, 9.17) is 6.42 Å². The maximum absolute atomic E-state index is 12.6. The Morgan fingerprint density at radius 2 is 2.04 bits per heavy atom. The molecule has 0 saturated heterocycles. The van der Waals surface area contributed by atoms with Crippen LogP contribution in [0.15, 0.2) is 21.2 Å². The van der Waals surface area contributed by atoms with Crippen LogP contribution < -0.4 is 10.9 Å². The van der Waals surface area contributed by atoms with Crippen molar-refractivity contribution in [1.29, 1.82) is 0 Å². The first-order chi connectivity index (χ1) is 11.6. The van der Waals surface area contributed by atoms with Crippen LogP contribution in [0.5, 0.6) is 0 Å². The third kappa shape index (κ3) is 3.25. The zero-order chi connectivity index (χ0) is 17.2. The minimum Gasteiger partial charge on any atom is -0.352 e. The van der Waals surface area contributed by atoms with Crippen molar-refractivity contribution < 1.29 is 4.79 Å². The Bertz CT molecular complexity index is 779. The molecule has 1 aromatic heterocycles. The summed E-state index contributed by atoms with van der Waals surface area (Å²) in [5.41, 5.74) is 1.97. The van der Waals surface area contributed by atoms with E-state index in [-0.39, 0.29) is 17.1 Å². The van der Waals surface area contributed by atoms with E-state index in [2.05, 4.69) is 21.5 Å².